The quantitative estimate of drug-likeness (QED) is 0.920. The van der Waals surface area contributed by atoms with E-state index < -0.39 is 17.7 Å². The molecule has 5 nitrogen and oxygen atoms in total. The summed E-state index contributed by atoms with van der Waals surface area (Å²) in [6.45, 7) is 9.22. The van der Waals surface area contributed by atoms with Gasteiger partial charge in [-0.25, -0.2) is 9.59 Å². The van der Waals surface area contributed by atoms with E-state index in [1.807, 2.05) is 0 Å². The van der Waals surface area contributed by atoms with Gasteiger partial charge in [-0.2, -0.15) is 0 Å². The molecule has 0 aliphatic heterocycles. The Kier molecular flexibility index (Phi) is 4.76. The summed E-state index contributed by atoms with van der Waals surface area (Å²) in [5.41, 5.74) is 0.641. The monoisotopic (exact) mass is 279 g/mol. The van der Waals surface area contributed by atoms with Crippen LogP contribution in [0.25, 0.3) is 0 Å². The Morgan fingerprint density at radius 1 is 1.30 bits per heavy atom. The zero-order chi connectivity index (χ0) is 15.5. The van der Waals surface area contributed by atoms with E-state index in [0.29, 0.717) is 12.2 Å². The van der Waals surface area contributed by atoms with Gasteiger partial charge in [0.2, 0.25) is 0 Å². The van der Waals surface area contributed by atoms with Gasteiger partial charge in [-0.3, -0.25) is 4.90 Å². The van der Waals surface area contributed by atoms with Gasteiger partial charge in [-0.1, -0.05) is 11.6 Å². The largest absolute Gasteiger partial charge is 0.478 e. The molecule has 0 heterocycles. The number of ether oxygens (including phenoxy) is 1. The Labute approximate surface area is 119 Å². The van der Waals surface area contributed by atoms with E-state index in [9.17, 15) is 14.7 Å². The molecule has 1 rings (SSSR count). The second-order valence-corrected chi connectivity index (χ2v) is 5.55. The Morgan fingerprint density at radius 2 is 1.90 bits per heavy atom. The number of aryl methyl sites for hydroxylation is 1. The predicted molar refractivity (Wildman–Crippen MR) is 77.4 cm³/mol. The molecule has 0 saturated heterocycles. The van der Waals surface area contributed by atoms with Gasteiger partial charge >= 0.3 is 12.1 Å². The first-order valence-electron chi connectivity index (χ1n) is 6.50. The summed E-state index contributed by atoms with van der Waals surface area (Å²) < 4.78 is 5.30. The van der Waals surface area contributed by atoms with Crippen molar-refractivity contribution in [3.05, 3.63) is 29.3 Å². The number of carbonyl (C=O) groups is 2. The second kappa shape index (κ2) is 5.94. The van der Waals surface area contributed by atoms with E-state index >= 15 is 0 Å². The highest BCUT2D eigenvalue weighted by Gasteiger charge is 2.25. The molecule has 0 aliphatic carbocycles. The van der Waals surface area contributed by atoms with E-state index in [1.165, 1.54) is 4.90 Å². The highest BCUT2D eigenvalue weighted by Crippen LogP contribution is 2.24. The number of hydrogen-bond acceptors (Lipinski definition) is 3. The van der Waals surface area contributed by atoms with Gasteiger partial charge in [0.1, 0.15) is 5.60 Å². The van der Waals surface area contributed by atoms with Gasteiger partial charge in [0.25, 0.3) is 0 Å². The number of rotatable bonds is 3. The molecule has 0 unspecified atom stereocenters. The molecule has 0 spiro atoms. The molecule has 0 fully saturated rings. The van der Waals surface area contributed by atoms with Crippen molar-refractivity contribution in [1.82, 2.24) is 0 Å². The lowest BCUT2D eigenvalue weighted by molar-refractivity contribution is 0.0582. The maximum Gasteiger partial charge on any atom is 0.414 e. The normalized spacial score (nSPS) is 11.1. The lowest BCUT2D eigenvalue weighted by Crippen LogP contribution is -2.37. The Morgan fingerprint density at radius 3 is 2.35 bits per heavy atom. The minimum Gasteiger partial charge on any atom is -0.478 e. The number of hydrogen-bond donors (Lipinski definition) is 1. The van der Waals surface area contributed by atoms with Crippen LogP contribution in [0.5, 0.6) is 0 Å². The van der Waals surface area contributed by atoms with Crippen LogP contribution in [0, 0.1) is 6.92 Å². The number of benzene rings is 1. The van der Waals surface area contributed by atoms with Crippen LogP contribution in [0.15, 0.2) is 18.2 Å². The lowest BCUT2D eigenvalue weighted by Gasteiger charge is -2.27. The molecule has 0 saturated carbocycles. The summed E-state index contributed by atoms with van der Waals surface area (Å²) in [5.74, 6) is -1.06. The topological polar surface area (TPSA) is 66.8 Å². The van der Waals surface area contributed by atoms with Crippen LogP contribution < -0.4 is 4.90 Å². The summed E-state index contributed by atoms with van der Waals surface area (Å²) in [6.07, 6.45) is -0.550. The van der Waals surface area contributed by atoms with Gasteiger partial charge in [0.05, 0.1) is 11.3 Å². The minimum absolute atomic E-state index is 0.0951. The summed E-state index contributed by atoms with van der Waals surface area (Å²) >= 11 is 0. The van der Waals surface area contributed by atoms with E-state index in [4.69, 9.17) is 4.74 Å². The lowest BCUT2D eigenvalue weighted by atomic mass is 10.1. The Hall–Kier alpha value is -2.04. The van der Waals surface area contributed by atoms with Crippen LogP contribution >= 0.6 is 0 Å². The first-order chi connectivity index (χ1) is 9.15. The molecule has 5 heteroatoms. The number of carbonyl (C=O) groups excluding carboxylic acids is 1. The van der Waals surface area contributed by atoms with Crippen molar-refractivity contribution < 1.29 is 19.4 Å². The van der Waals surface area contributed by atoms with Crippen molar-refractivity contribution in [2.45, 2.75) is 40.2 Å². The molecule has 0 aromatic heterocycles. The average molecular weight is 279 g/mol. The first-order valence-corrected chi connectivity index (χ1v) is 6.50. The van der Waals surface area contributed by atoms with E-state index in [1.54, 1.807) is 52.8 Å². The zero-order valence-electron chi connectivity index (χ0n) is 12.6. The third kappa shape index (κ3) is 3.98. The molecule has 0 atom stereocenters. The maximum atomic E-state index is 12.2. The van der Waals surface area contributed by atoms with Crippen molar-refractivity contribution in [2.75, 3.05) is 11.4 Å². The zero-order valence-corrected chi connectivity index (χ0v) is 12.6. The molecule has 110 valence electrons. The number of nitrogens with zero attached hydrogens (tertiary/aromatic N) is 1. The first kappa shape index (κ1) is 16.0. The summed E-state index contributed by atoms with van der Waals surface area (Å²) in [6, 6.07) is 4.95. The van der Waals surface area contributed by atoms with Crippen LogP contribution in [0.3, 0.4) is 0 Å². The molecule has 1 aromatic carbocycles. The minimum atomic E-state index is -1.06. The van der Waals surface area contributed by atoms with Crippen molar-refractivity contribution >= 4 is 17.7 Å². The smallest absolute Gasteiger partial charge is 0.414 e. The molecule has 20 heavy (non-hydrogen) atoms. The highest BCUT2D eigenvalue weighted by molar-refractivity contribution is 6.00. The van der Waals surface area contributed by atoms with Gasteiger partial charge in [0, 0.05) is 6.54 Å². The number of amides is 1. The van der Waals surface area contributed by atoms with Crippen molar-refractivity contribution in [3.8, 4) is 0 Å². The molecule has 1 aromatic rings. The van der Waals surface area contributed by atoms with Gasteiger partial charge < -0.3 is 9.84 Å². The molecular formula is C15H21NO4. The standard InChI is InChI=1S/C15H21NO4/c1-6-16(14(19)20-15(3,4)5)12-8-7-10(2)9-11(12)13(17)18/h7-9H,6H2,1-5H3,(H,17,18). The third-order valence-electron chi connectivity index (χ3n) is 2.60. The van der Waals surface area contributed by atoms with E-state index in [-0.39, 0.29) is 5.56 Å². The number of carboxylic acid groups (broad SMARTS) is 1. The molecule has 0 aliphatic rings. The molecule has 0 radical (unpaired) electrons. The predicted octanol–water partition coefficient (Wildman–Crippen LogP) is 3.45. The summed E-state index contributed by atoms with van der Waals surface area (Å²) in [7, 11) is 0. The van der Waals surface area contributed by atoms with Crippen LogP contribution in [0.1, 0.15) is 43.6 Å². The van der Waals surface area contributed by atoms with Crippen molar-refractivity contribution in [2.24, 2.45) is 0 Å². The number of aromatic carboxylic acids is 1. The van der Waals surface area contributed by atoms with Crippen LogP contribution in [-0.2, 0) is 4.74 Å². The van der Waals surface area contributed by atoms with Crippen molar-refractivity contribution in [3.63, 3.8) is 0 Å². The van der Waals surface area contributed by atoms with Crippen molar-refractivity contribution in [1.29, 1.82) is 0 Å². The Bertz CT molecular complexity index is 517. The van der Waals surface area contributed by atoms with Crippen LogP contribution in [-0.4, -0.2) is 29.3 Å². The third-order valence-corrected chi connectivity index (χ3v) is 2.60. The number of carboxylic acids is 1. The second-order valence-electron chi connectivity index (χ2n) is 5.55. The fraction of sp³-hybridized carbons (Fsp3) is 0.467. The van der Waals surface area contributed by atoms with Gasteiger partial charge in [-0.15, -0.1) is 0 Å². The van der Waals surface area contributed by atoms with Crippen LogP contribution in [0.4, 0.5) is 10.5 Å². The SMILES string of the molecule is CCN(C(=O)OC(C)(C)C)c1ccc(C)cc1C(=O)O. The fourth-order valence-corrected chi connectivity index (χ4v) is 1.77. The fourth-order valence-electron chi connectivity index (χ4n) is 1.77. The van der Waals surface area contributed by atoms with Gasteiger partial charge in [0.15, 0.2) is 0 Å². The van der Waals surface area contributed by atoms with E-state index in [2.05, 4.69) is 0 Å². The molecular weight excluding hydrogens is 258 g/mol. The average Bonchev–Trinajstić information content (AvgIpc) is 2.29. The summed E-state index contributed by atoms with van der Waals surface area (Å²) in [5, 5.41) is 9.27. The molecule has 0 bridgehead atoms. The van der Waals surface area contributed by atoms with Crippen LogP contribution in [0.2, 0.25) is 0 Å². The number of anilines is 1. The maximum absolute atomic E-state index is 12.2. The molecule has 1 amide bonds. The molecule has 1 N–H and O–H groups in total. The van der Waals surface area contributed by atoms with E-state index in [0.717, 1.165) is 5.56 Å². The highest BCUT2D eigenvalue weighted by atomic mass is 16.6. The summed E-state index contributed by atoms with van der Waals surface area (Å²) in [4.78, 5) is 24.8. The Balaban J connectivity index is 3.19. The van der Waals surface area contributed by atoms with Gasteiger partial charge in [-0.05, 0) is 46.8 Å².